The topological polar surface area (TPSA) is 105 Å². The Balaban J connectivity index is 1.42. The lowest BCUT2D eigenvalue weighted by atomic mass is 10.2. The molecule has 174 valence electrons. The summed E-state index contributed by atoms with van der Waals surface area (Å²) in [6.07, 6.45) is 1.46. The maximum Gasteiger partial charge on any atom is 0.343 e. The highest BCUT2D eigenvalue weighted by atomic mass is 16.7. The highest BCUT2D eigenvalue weighted by molar-refractivity contribution is 5.95. The molecule has 0 fully saturated rings. The minimum absolute atomic E-state index is 0.131. The van der Waals surface area contributed by atoms with Crippen LogP contribution in [0.25, 0.3) is 0 Å². The molecule has 1 aliphatic rings. The molecule has 0 aromatic heterocycles. The average Bonchev–Trinajstić information content (AvgIpc) is 3.33. The van der Waals surface area contributed by atoms with Crippen molar-refractivity contribution in [1.29, 1.82) is 0 Å². The predicted octanol–water partition coefficient (Wildman–Crippen LogP) is 3.81. The lowest BCUT2D eigenvalue weighted by Gasteiger charge is -2.11. The van der Waals surface area contributed by atoms with E-state index in [1.54, 1.807) is 67.8 Å². The van der Waals surface area contributed by atoms with Crippen LogP contribution in [0.5, 0.6) is 28.7 Å². The Morgan fingerprint density at radius 2 is 1.74 bits per heavy atom. The van der Waals surface area contributed by atoms with Gasteiger partial charge < -0.3 is 23.7 Å². The second-order valence-corrected chi connectivity index (χ2v) is 7.02. The van der Waals surface area contributed by atoms with Gasteiger partial charge in [0.25, 0.3) is 5.91 Å². The Morgan fingerprint density at radius 3 is 2.50 bits per heavy atom. The van der Waals surface area contributed by atoms with Gasteiger partial charge in [0.05, 0.1) is 25.5 Å². The summed E-state index contributed by atoms with van der Waals surface area (Å²) < 4.78 is 26.7. The second kappa shape index (κ2) is 10.4. The molecular weight excluding hydrogens is 440 g/mol. The molecule has 4 rings (SSSR count). The van der Waals surface area contributed by atoms with E-state index < -0.39 is 11.9 Å². The van der Waals surface area contributed by atoms with Crippen LogP contribution >= 0.6 is 0 Å². The first kappa shape index (κ1) is 22.7. The van der Waals surface area contributed by atoms with Crippen molar-refractivity contribution in [2.45, 2.75) is 6.92 Å². The van der Waals surface area contributed by atoms with Crippen LogP contribution in [0.3, 0.4) is 0 Å². The van der Waals surface area contributed by atoms with Gasteiger partial charge >= 0.3 is 5.97 Å². The summed E-state index contributed by atoms with van der Waals surface area (Å²) in [6.45, 7) is 2.32. The van der Waals surface area contributed by atoms with Crippen LogP contribution < -0.4 is 29.1 Å². The molecule has 0 unspecified atom stereocenters. The Kier molecular flexibility index (Phi) is 6.92. The lowest BCUT2D eigenvalue weighted by molar-refractivity contribution is 0.0728. The largest absolute Gasteiger partial charge is 0.497 e. The van der Waals surface area contributed by atoms with Crippen molar-refractivity contribution in [3.8, 4) is 28.7 Å². The molecule has 0 spiro atoms. The van der Waals surface area contributed by atoms with Crippen molar-refractivity contribution >= 4 is 18.1 Å². The number of nitrogens with zero attached hydrogens (tertiary/aromatic N) is 1. The molecule has 3 aromatic carbocycles. The summed E-state index contributed by atoms with van der Waals surface area (Å²) >= 11 is 0. The van der Waals surface area contributed by atoms with Crippen molar-refractivity contribution in [1.82, 2.24) is 5.43 Å². The Hall–Kier alpha value is -4.53. The first-order valence-corrected chi connectivity index (χ1v) is 10.4. The zero-order chi connectivity index (χ0) is 23.9. The van der Waals surface area contributed by atoms with Gasteiger partial charge in [0.1, 0.15) is 5.75 Å². The normalized spacial score (nSPS) is 11.8. The summed E-state index contributed by atoms with van der Waals surface area (Å²) in [7, 11) is 1.55. The third-order valence-corrected chi connectivity index (χ3v) is 4.81. The molecule has 3 aromatic rings. The molecule has 1 N–H and O–H groups in total. The molecule has 1 aliphatic heterocycles. The number of methoxy groups -OCH3 is 1. The van der Waals surface area contributed by atoms with E-state index in [0.717, 1.165) is 0 Å². The molecule has 0 saturated carbocycles. The summed E-state index contributed by atoms with van der Waals surface area (Å²) in [5.74, 6) is 1.46. The zero-order valence-corrected chi connectivity index (χ0v) is 18.6. The van der Waals surface area contributed by atoms with Gasteiger partial charge in [-0.25, -0.2) is 10.2 Å². The molecule has 0 atom stereocenters. The SMILES string of the molecule is CCOc1cc(/C=N\NC(=O)c2ccc3c(c2)OCO3)ccc1OC(=O)c1ccc(OC)cc1. The van der Waals surface area contributed by atoms with Gasteiger partial charge in [-0.2, -0.15) is 5.10 Å². The fourth-order valence-electron chi connectivity index (χ4n) is 3.11. The zero-order valence-electron chi connectivity index (χ0n) is 18.6. The first-order chi connectivity index (χ1) is 16.6. The molecule has 9 heteroatoms. The third-order valence-electron chi connectivity index (χ3n) is 4.81. The molecule has 1 heterocycles. The van der Waals surface area contributed by atoms with Crippen LogP contribution in [-0.4, -0.2) is 38.6 Å². The Bertz CT molecular complexity index is 1220. The van der Waals surface area contributed by atoms with E-state index in [1.165, 1.54) is 6.21 Å². The summed E-state index contributed by atoms with van der Waals surface area (Å²) in [6, 6.07) is 16.4. The molecule has 1 amide bonds. The summed E-state index contributed by atoms with van der Waals surface area (Å²) in [5.41, 5.74) is 3.86. The minimum atomic E-state index is -0.527. The van der Waals surface area contributed by atoms with Gasteiger partial charge in [-0.15, -0.1) is 0 Å². The standard InChI is InChI=1S/C25H22N2O7/c1-3-31-22-12-16(4-10-21(22)34-25(29)17-5-8-19(30-2)9-6-17)14-26-27-24(28)18-7-11-20-23(13-18)33-15-32-20/h4-14H,3,15H2,1-2H3,(H,27,28)/b26-14-. The number of rotatable bonds is 8. The number of fused-ring (bicyclic) bond motifs is 1. The number of hydrazone groups is 1. The fraction of sp³-hybridized carbons (Fsp3) is 0.160. The van der Waals surface area contributed by atoms with E-state index in [9.17, 15) is 9.59 Å². The van der Waals surface area contributed by atoms with Crippen molar-refractivity contribution in [3.05, 3.63) is 77.4 Å². The maximum absolute atomic E-state index is 12.5. The van der Waals surface area contributed by atoms with Crippen LogP contribution in [0.2, 0.25) is 0 Å². The smallest absolute Gasteiger partial charge is 0.343 e. The highest BCUT2D eigenvalue weighted by Crippen LogP contribution is 2.32. The molecule has 0 aliphatic carbocycles. The van der Waals surface area contributed by atoms with Gasteiger partial charge in [-0.1, -0.05) is 0 Å². The number of benzene rings is 3. The van der Waals surface area contributed by atoms with Gasteiger partial charge in [0.15, 0.2) is 23.0 Å². The van der Waals surface area contributed by atoms with Gasteiger partial charge in [-0.05, 0) is 73.2 Å². The molecular formula is C25H22N2O7. The molecule has 0 saturated heterocycles. The predicted molar refractivity (Wildman–Crippen MR) is 123 cm³/mol. The molecule has 0 radical (unpaired) electrons. The van der Waals surface area contributed by atoms with E-state index in [4.69, 9.17) is 23.7 Å². The quantitative estimate of drug-likeness (QED) is 0.235. The Morgan fingerprint density at radius 1 is 0.971 bits per heavy atom. The monoisotopic (exact) mass is 462 g/mol. The summed E-state index contributed by atoms with van der Waals surface area (Å²) in [4.78, 5) is 24.8. The summed E-state index contributed by atoms with van der Waals surface area (Å²) in [5, 5.41) is 4.00. The third kappa shape index (κ3) is 5.26. The van der Waals surface area contributed by atoms with Crippen molar-refractivity contribution in [3.63, 3.8) is 0 Å². The van der Waals surface area contributed by atoms with Crippen LogP contribution in [0.1, 0.15) is 33.2 Å². The van der Waals surface area contributed by atoms with Gasteiger partial charge in [-0.3, -0.25) is 4.79 Å². The molecule has 9 nitrogen and oxygen atoms in total. The van der Waals surface area contributed by atoms with E-state index >= 15 is 0 Å². The number of ether oxygens (including phenoxy) is 5. The number of carbonyl (C=O) groups is 2. The van der Waals surface area contributed by atoms with Crippen LogP contribution in [0.15, 0.2) is 65.8 Å². The number of carbonyl (C=O) groups excluding carboxylic acids is 2. The minimum Gasteiger partial charge on any atom is -0.497 e. The van der Waals surface area contributed by atoms with Crippen LogP contribution in [0, 0.1) is 0 Å². The number of esters is 1. The Labute approximate surface area is 195 Å². The first-order valence-electron chi connectivity index (χ1n) is 10.4. The average molecular weight is 462 g/mol. The van der Waals surface area contributed by atoms with E-state index in [-0.39, 0.29) is 12.5 Å². The number of amides is 1. The van der Waals surface area contributed by atoms with Gasteiger partial charge in [0.2, 0.25) is 6.79 Å². The molecule has 34 heavy (non-hydrogen) atoms. The maximum atomic E-state index is 12.5. The number of hydrogen-bond donors (Lipinski definition) is 1. The number of nitrogens with one attached hydrogen (secondary N) is 1. The van der Waals surface area contributed by atoms with Crippen LogP contribution in [-0.2, 0) is 0 Å². The van der Waals surface area contributed by atoms with Crippen molar-refractivity contribution in [2.24, 2.45) is 5.10 Å². The fourth-order valence-corrected chi connectivity index (χ4v) is 3.11. The van der Waals surface area contributed by atoms with Crippen LogP contribution in [0.4, 0.5) is 0 Å². The second-order valence-electron chi connectivity index (χ2n) is 7.02. The van der Waals surface area contributed by atoms with E-state index in [1.807, 2.05) is 6.92 Å². The highest BCUT2D eigenvalue weighted by Gasteiger charge is 2.16. The van der Waals surface area contributed by atoms with Crippen molar-refractivity contribution < 1.29 is 33.3 Å². The van der Waals surface area contributed by atoms with Crippen molar-refractivity contribution in [2.75, 3.05) is 20.5 Å². The van der Waals surface area contributed by atoms with Gasteiger partial charge in [0, 0.05) is 5.56 Å². The van der Waals surface area contributed by atoms with E-state index in [2.05, 4.69) is 10.5 Å². The number of hydrogen-bond acceptors (Lipinski definition) is 8. The van der Waals surface area contributed by atoms with E-state index in [0.29, 0.717) is 46.3 Å². The molecule has 0 bridgehead atoms. The lowest BCUT2D eigenvalue weighted by Crippen LogP contribution is -2.17.